The zero-order valence-corrected chi connectivity index (χ0v) is 29.9. The molecule has 1 fully saturated rings. The summed E-state index contributed by atoms with van der Waals surface area (Å²) in [5, 5.41) is 7.82. The molecule has 1 aliphatic rings. The minimum absolute atomic E-state index is 0.107. The summed E-state index contributed by atoms with van der Waals surface area (Å²) in [7, 11) is 0. The van der Waals surface area contributed by atoms with Crippen LogP contribution >= 0.6 is 11.8 Å². The second-order valence-electron chi connectivity index (χ2n) is 12.2. The van der Waals surface area contributed by atoms with Gasteiger partial charge in [-0.3, -0.25) is 38.7 Å². The summed E-state index contributed by atoms with van der Waals surface area (Å²) in [4.78, 5) is 83.1. The molecule has 274 valence electrons. The molecule has 0 aliphatic carbocycles. The molecule has 3 rings (SSSR count). The molecule has 2 aromatic rings. The van der Waals surface area contributed by atoms with Gasteiger partial charge in [-0.15, -0.1) is 0 Å². The van der Waals surface area contributed by atoms with Gasteiger partial charge in [-0.1, -0.05) is 82.0 Å². The zero-order valence-electron chi connectivity index (χ0n) is 29.1. The molecule has 0 bridgehead atoms. The molecule has 1 saturated heterocycles. The maximum atomic E-state index is 13.6. The third-order valence-electron chi connectivity index (χ3n) is 8.08. The first kappa shape index (κ1) is 40.3. The fraction of sp³-hybridized carbons (Fsp3) is 0.417. The van der Waals surface area contributed by atoms with E-state index >= 15 is 0 Å². The monoisotopic (exact) mass is 720 g/mol. The van der Waals surface area contributed by atoms with Crippen LogP contribution in [0.5, 0.6) is 0 Å². The van der Waals surface area contributed by atoms with Crippen LogP contribution in [-0.2, 0) is 25.7 Å². The predicted molar refractivity (Wildman–Crippen MR) is 198 cm³/mol. The number of aliphatic imine (C=N–C) groups is 1. The van der Waals surface area contributed by atoms with Crippen molar-refractivity contribution < 1.29 is 28.8 Å². The highest BCUT2D eigenvalue weighted by atomic mass is 32.2. The Balaban J connectivity index is 1.72. The van der Waals surface area contributed by atoms with Gasteiger partial charge in [0, 0.05) is 12.1 Å². The van der Waals surface area contributed by atoms with E-state index in [0.29, 0.717) is 37.7 Å². The summed E-state index contributed by atoms with van der Waals surface area (Å²) in [6, 6.07) is 12.7. The Morgan fingerprint density at radius 2 is 1.35 bits per heavy atom. The summed E-state index contributed by atoms with van der Waals surface area (Å²) >= 11 is 0.847. The number of benzene rings is 2. The number of nitrogens with one attached hydrogen (secondary N) is 3. The lowest BCUT2D eigenvalue weighted by atomic mass is 10.0. The molecule has 0 spiro atoms. The van der Waals surface area contributed by atoms with Crippen LogP contribution < -0.4 is 33.2 Å². The molecule has 14 nitrogen and oxygen atoms in total. The number of imide groups is 1. The van der Waals surface area contributed by atoms with Crippen molar-refractivity contribution in [3.05, 3.63) is 76.2 Å². The highest BCUT2D eigenvalue weighted by Gasteiger charge is 2.35. The Bertz CT molecular complexity index is 1590. The molecule has 0 unspecified atom stereocenters. The highest BCUT2D eigenvalue weighted by molar-refractivity contribution is 8.18. The van der Waals surface area contributed by atoms with Gasteiger partial charge in [0.2, 0.25) is 17.7 Å². The summed E-state index contributed by atoms with van der Waals surface area (Å²) in [5.74, 6) is -2.83. The van der Waals surface area contributed by atoms with E-state index in [-0.39, 0.29) is 41.2 Å². The van der Waals surface area contributed by atoms with Crippen LogP contribution in [0, 0.1) is 0 Å². The molecule has 0 aromatic heterocycles. The van der Waals surface area contributed by atoms with Crippen LogP contribution in [0.3, 0.4) is 0 Å². The fourth-order valence-corrected chi connectivity index (χ4v) is 6.05. The lowest BCUT2D eigenvalue weighted by Crippen LogP contribution is -2.56. The Labute approximate surface area is 302 Å². The van der Waals surface area contributed by atoms with Gasteiger partial charge in [0.25, 0.3) is 17.1 Å². The normalized spacial score (nSPS) is 15.2. The lowest BCUT2D eigenvalue weighted by Gasteiger charge is -2.25. The van der Waals surface area contributed by atoms with Gasteiger partial charge < -0.3 is 33.2 Å². The number of amides is 6. The van der Waals surface area contributed by atoms with E-state index in [9.17, 15) is 28.8 Å². The quantitative estimate of drug-likeness (QED) is 0.0510. The van der Waals surface area contributed by atoms with Crippen LogP contribution in [0.25, 0.3) is 6.08 Å². The number of carbonyl (C=O) groups excluding carboxylic acids is 6. The molecule has 51 heavy (non-hydrogen) atoms. The minimum Gasteiger partial charge on any atom is -0.370 e. The number of nitrogens with two attached hydrogens (primary N) is 3. The SMILES string of the molecule is CCCC[C@H](NC(=O)[C@H](CCCC)NC(=O)[C@H](CCCN=C(N)N)NC(=O)c1ccc(/C=C2\SC(=O)N(Cc3ccccc3)C2=O)cc1)C(N)=O. The van der Waals surface area contributed by atoms with E-state index in [1.165, 1.54) is 4.90 Å². The number of thioether (sulfide) groups is 1. The zero-order chi connectivity index (χ0) is 37.3. The maximum Gasteiger partial charge on any atom is 0.293 e. The average Bonchev–Trinajstić information content (AvgIpc) is 3.36. The number of carbonyl (C=O) groups is 6. The Morgan fingerprint density at radius 3 is 1.94 bits per heavy atom. The first-order valence-corrected chi connectivity index (χ1v) is 17.9. The van der Waals surface area contributed by atoms with Crippen LogP contribution in [0.15, 0.2) is 64.5 Å². The van der Waals surface area contributed by atoms with Crippen LogP contribution in [0.4, 0.5) is 4.79 Å². The maximum absolute atomic E-state index is 13.6. The second-order valence-corrected chi connectivity index (χ2v) is 13.2. The van der Waals surface area contributed by atoms with Gasteiger partial charge in [0.1, 0.15) is 18.1 Å². The van der Waals surface area contributed by atoms with Gasteiger partial charge in [0.15, 0.2) is 5.96 Å². The predicted octanol–water partition coefficient (Wildman–Crippen LogP) is 2.91. The first-order valence-electron chi connectivity index (χ1n) is 17.1. The lowest BCUT2D eigenvalue weighted by molar-refractivity contribution is -0.132. The number of hydrogen-bond donors (Lipinski definition) is 6. The Morgan fingerprint density at radius 1 is 0.784 bits per heavy atom. The topological polar surface area (TPSA) is 232 Å². The number of guanidine groups is 1. The van der Waals surface area contributed by atoms with Crippen LogP contribution in [0.2, 0.25) is 0 Å². The van der Waals surface area contributed by atoms with E-state index in [0.717, 1.165) is 30.2 Å². The van der Waals surface area contributed by atoms with Crippen molar-refractivity contribution in [1.29, 1.82) is 0 Å². The van der Waals surface area contributed by atoms with Crippen molar-refractivity contribution in [3.63, 3.8) is 0 Å². The van der Waals surface area contributed by atoms with E-state index in [1.807, 2.05) is 44.2 Å². The van der Waals surface area contributed by atoms with Crippen molar-refractivity contribution >= 4 is 58.6 Å². The molecule has 0 saturated carbocycles. The second kappa shape index (κ2) is 20.5. The van der Waals surface area contributed by atoms with Crippen LogP contribution in [0.1, 0.15) is 86.7 Å². The summed E-state index contributed by atoms with van der Waals surface area (Å²) in [6.07, 6.45) is 5.67. The molecule has 1 aliphatic heterocycles. The molecular weight excluding hydrogens is 673 g/mol. The third kappa shape index (κ3) is 12.9. The molecule has 6 amide bonds. The number of rotatable bonds is 20. The van der Waals surface area contributed by atoms with E-state index in [1.54, 1.807) is 30.3 Å². The van der Waals surface area contributed by atoms with E-state index in [2.05, 4.69) is 20.9 Å². The van der Waals surface area contributed by atoms with E-state index in [4.69, 9.17) is 17.2 Å². The summed E-state index contributed by atoms with van der Waals surface area (Å²) in [5.41, 5.74) is 18.1. The molecule has 1 heterocycles. The standard InChI is InChI=1S/C36H48N8O6S/c1-3-5-13-26(30(37)45)41-32(47)27(14-6-4-2)43-33(48)28(15-10-20-40-35(38)39)42-31(46)25-18-16-23(17-19-25)21-29-34(49)44(36(50)51-29)22-24-11-8-7-9-12-24/h7-9,11-12,16-19,21,26-28H,3-6,10,13-15,20,22H2,1-2H3,(H2,37,45)(H,41,47)(H,42,46)(H,43,48)(H4,38,39,40)/b29-21-/t26-,27-,28-/m0/s1. The van der Waals surface area contributed by atoms with Crippen molar-refractivity contribution in [1.82, 2.24) is 20.9 Å². The Kier molecular flexibility index (Phi) is 16.2. The number of primary amides is 1. The molecule has 2 aromatic carbocycles. The van der Waals surface area contributed by atoms with Crippen LogP contribution in [-0.4, -0.2) is 70.3 Å². The third-order valence-corrected chi connectivity index (χ3v) is 8.99. The van der Waals surface area contributed by atoms with Gasteiger partial charge in [-0.05, 0) is 66.8 Å². The fourth-order valence-electron chi connectivity index (χ4n) is 5.21. The summed E-state index contributed by atoms with van der Waals surface area (Å²) < 4.78 is 0. The van der Waals surface area contributed by atoms with Crippen molar-refractivity contribution in [3.8, 4) is 0 Å². The van der Waals surface area contributed by atoms with Gasteiger partial charge in [-0.25, -0.2) is 0 Å². The average molecular weight is 721 g/mol. The van der Waals surface area contributed by atoms with Crippen molar-refractivity contribution in [2.24, 2.45) is 22.2 Å². The Hall–Kier alpha value is -5.18. The number of nitrogens with zero attached hydrogens (tertiary/aromatic N) is 2. The highest BCUT2D eigenvalue weighted by Crippen LogP contribution is 2.33. The molecule has 15 heteroatoms. The largest absolute Gasteiger partial charge is 0.370 e. The van der Waals surface area contributed by atoms with Crippen molar-refractivity contribution in [2.45, 2.75) is 89.9 Å². The van der Waals surface area contributed by atoms with Gasteiger partial charge in [-0.2, -0.15) is 0 Å². The molecule has 9 N–H and O–H groups in total. The number of hydrogen-bond acceptors (Lipinski definition) is 8. The number of unbranched alkanes of at least 4 members (excludes halogenated alkanes) is 2. The first-order chi connectivity index (χ1) is 24.4. The van der Waals surface area contributed by atoms with Gasteiger partial charge >= 0.3 is 0 Å². The molecule has 3 atom stereocenters. The van der Waals surface area contributed by atoms with Crippen molar-refractivity contribution in [2.75, 3.05) is 6.54 Å². The smallest absolute Gasteiger partial charge is 0.293 e. The molecular formula is C36H48N8O6S. The molecule has 0 radical (unpaired) electrons. The van der Waals surface area contributed by atoms with E-state index < -0.39 is 47.7 Å². The summed E-state index contributed by atoms with van der Waals surface area (Å²) in [6.45, 7) is 4.28. The van der Waals surface area contributed by atoms with Gasteiger partial charge in [0.05, 0.1) is 11.4 Å². The minimum atomic E-state index is -1.05.